The van der Waals surface area contributed by atoms with Gasteiger partial charge in [0.1, 0.15) is 0 Å². The van der Waals surface area contributed by atoms with Crippen LogP contribution in [0.15, 0.2) is 36.7 Å². The Morgan fingerprint density at radius 3 is 2.55 bits per heavy atom. The van der Waals surface area contributed by atoms with E-state index < -0.39 is 11.7 Å². The molecule has 0 bridgehead atoms. The standard InChI is InChI=1S/C13H9Cl2F3N2/c14-9-1-2-12(10(5-9)13(16,17)18)20-6-8-3-4-19-7-11(8)15/h1-5,7,20H,6H2. The summed E-state index contributed by atoms with van der Waals surface area (Å²) in [6.07, 6.45) is -1.52. The second kappa shape index (κ2) is 5.89. The van der Waals surface area contributed by atoms with E-state index in [-0.39, 0.29) is 17.3 Å². The highest BCUT2D eigenvalue weighted by atomic mass is 35.5. The molecule has 1 N–H and O–H groups in total. The molecule has 0 fully saturated rings. The highest BCUT2D eigenvalue weighted by Crippen LogP contribution is 2.36. The van der Waals surface area contributed by atoms with Crippen LogP contribution < -0.4 is 5.32 Å². The van der Waals surface area contributed by atoms with Crippen LogP contribution in [0.1, 0.15) is 11.1 Å². The third kappa shape index (κ3) is 3.55. The van der Waals surface area contributed by atoms with Crippen molar-refractivity contribution in [3.63, 3.8) is 0 Å². The molecule has 0 aliphatic carbocycles. The van der Waals surface area contributed by atoms with Crippen molar-refractivity contribution in [2.24, 2.45) is 0 Å². The molecule has 20 heavy (non-hydrogen) atoms. The highest BCUT2D eigenvalue weighted by Gasteiger charge is 2.33. The average molecular weight is 321 g/mol. The molecule has 0 amide bonds. The van der Waals surface area contributed by atoms with Gasteiger partial charge in [0.25, 0.3) is 0 Å². The van der Waals surface area contributed by atoms with Crippen LogP contribution in [-0.4, -0.2) is 4.98 Å². The molecule has 0 unspecified atom stereocenters. The smallest absolute Gasteiger partial charge is 0.380 e. The summed E-state index contributed by atoms with van der Waals surface area (Å²) >= 11 is 11.5. The van der Waals surface area contributed by atoms with E-state index in [1.807, 2.05) is 0 Å². The summed E-state index contributed by atoms with van der Waals surface area (Å²) in [5, 5.41) is 3.14. The number of hydrogen-bond acceptors (Lipinski definition) is 2. The van der Waals surface area contributed by atoms with Crippen molar-refractivity contribution in [3.8, 4) is 0 Å². The summed E-state index contributed by atoms with van der Waals surface area (Å²) in [6.45, 7) is 0.159. The summed E-state index contributed by atoms with van der Waals surface area (Å²) < 4.78 is 38.7. The maximum absolute atomic E-state index is 12.9. The van der Waals surface area contributed by atoms with Crippen molar-refractivity contribution in [1.29, 1.82) is 0 Å². The number of pyridine rings is 1. The quantitative estimate of drug-likeness (QED) is 0.859. The Bertz CT molecular complexity index is 615. The summed E-state index contributed by atoms with van der Waals surface area (Å²) in [6, 6.07) is 5.21. The van der Waals surface area contributed by atoms with Gasteiger partial charge in [0, 0.05) is 29.6 Å². The first kappa shape index (κ1) is 14.9. The van der Waals surface area contributed by atoms with Gasteiger partial charge in [-0.3, -0.25) is 4.98 Å². The van der Waals surface area contributed by atoms with E-state index in [2.05, 4.69) is 10.3 Å². The van der Waals surface area contributed by atoms with Crippen LogP contribution in [0.25, 0.3) is 0 Å². The van der Waals surface area contributed by atoms with Gasteiger partial charge >= 0.3 is 6.18 Å². The van der Waals surface area contributed by atoms with Gasteiger partial charge < -0.3 is 5.32 Å². The lowest BCUT2D eigenvalue weighted by Gasteiger charge is -2.15. The molecular weight excluding hydrogens is 312 g/mol. The predicted octanol–water partition coefficient (Wildman–Crippen LogP) is 5.02. The minimum absolute atomic E-state index is 0.0322. The first-order chi connectivity index (χ1) is 9.38. The van der Waals surface area contributed by atoms with Crippen LogP contribution in [0.2, 0.25) is 10.0 Å². The average Bonchev–Trinajstić information content (AvgIpc) is 2.38. The largest absolute Gasteiger partial charge is 0.418 e. The van der Waals surface area contributed by atoms with Crippen LogP contribution in [0.5, 0.6) is 0 Å². The molecule has 1 heterocycles. The number of aromatic nitrogens is 1. The second-order valence-electron chi connectivity index (χ2n) is 4.01. The Balaban J connectivity index is 2.24. The first-order valence-electron chi connectivity index (χ1n) is 5.57. The number of alkyl halides is 3. The molecule has 106 valence electrons. The summed E-state index contributed by atoms with van der Waals surface area (Å²) in [5.41, 5.74) is -0.199. The van der Waals surface area contributed by atoms with Crippen molar-refractivity contribution >= 4 is 28.9 Å². The van der Waals surface area contributed by atoms with Crippen molar-refractivity contribution in [1.82, 2.24) is 4.98 Å². The highest BCUT2D eigenvalue weighted by molar-refractivity contribution is 6.31. The molecule has 0 saturated carbocycles. The number of nitrogens with zero attached hydrogens (tertiary/aromatic N) is 1. The number of hydrogen-bond donors (Lipinski definition) is 1. The van der Waals surface area contributed by atoms with Crippen LogP contribution in [0.4, 0.5) is 18.9 Å². The van der Waals surface area contributed by atoms with Gasteiger partial charge in [-0.05, 0) is 29.8 Å². The maximum atomic E-state index is 12.9. The van der Waals surface area contributed by atoms with Crippen molar-refractivity contribution < 1.29 is 13.2 Å². The molecule has 0 radical (unpaired) electrons. The number of nitrogens with one attached hydrogen (secondary N) is 1. The molecule has 0 aliphatic heterocycles. The zero-order chi connectivity index (χ0) is 14.8. The molecular formula is C13H9Cl2F3N2. The van der Waals surface area contributed by atoms with E-state index in [1.54, 1.807) is 6.07 Å². The Kier molecular flexibility index (Phi) is 4.40. The maximum Gasteiger partial charge on any atom is 0.418 e. The summed E-state index contributed by atoms with van der Waals surface area (Å²) in [5.74, 6) is 0. The van der Waals surface area contributed by atoms with E-state index >= 15 is 0 Å². The van der Waals surface area contributed by atoms with Crippen LogP contribution >= 0.6 is 23.2 Å². The zero-order valence-electron chi connectivity index (χ0n) is 10.0. The fourth-order valence-electron chi connectivity index (χ4n) is 1.64. The lowest BCUT2D eigenvalue weighted by molar-refractivity contribution is -0.136. The first-order valence-corrected chi connectivity index (χ1v) is 6.32. The Morgan fingerprint density at radius 1 is 1.15 bits per heavy atom. The number of benzene rings is 1. The molecule has 1 aromatic heterocycles. The monoisotopic (exact) mass is 320 g/mol. The van der Waals surface area contributed by atoms with Gasteiger partial charge in [0.2, 0.25) is 0 Å². The van der Waals surface area contributed by atoms with Gasteiger partial charge in [-0.15, -0.1) is 0 Å². The Labute approximate surface area is 123 Å². The third-order valence-electron chi connectivity index (χ3n) is 2.61. The normalized spacial score (nSPS) is 11.4. The molecule has 0 atom stereocenters. The van der Waals surface area contributed by atoms with E-state index in [0.29, 0.717) is 10.6 Å². The van der Waals surface area contributed by atoms with Crippen LogP contribution in [-0.2, 0) is 12.7 Å². The van der Waals surface area contributed by atoms with Crippen LogP contribution in [0.3, 0.4) is 0 Å². The zero-order valence-corrected chi connectivity index (χ0v) is 11.5. The molecule has 2 rings (SSSR count). The van der Waals surface area contributed by atoms with E-state index in [1.165, 1.54) is 24.5 Å². The molecule has 0 spiro atoms. The van der Waals surface area contributed by atoms with E-state index in [9.17, 15) is 13.2 Å². The Morgan fingerprint density at radius 2 is 1.90 bits per heavy atom. The SMILES string of the molecule is FC(F)(F)c1cc(Cl)ccc1NCc1ccncc1Cl. The van der Waals surface area contributed by atoms with Gasteiger partial charge in [-0.25, -0.2) is 0 Å². The molecule has 0 aliphatic rings. The Hall–Kier alpha value is -1.46. The van der Waals surface area contributed by atoms with Gasteiger partial charge in [0.15, 0.2) is 0 Å². The fourth-order valence-corrected chi connectivity index (χ4v) is 2.00. The molecule has 1 aromatic carbocycles. The van der Waals surface area contributed by atoms with Crippen molar-refractivity contribution in [2.45, 2.75) is 12.7 Å². The van der Waals surface area contributed by atoms with E-state index in [4.69, 9.17) is 23.2 Å². The molecule has 2 nitrogen and oxygen atoms in total. The third-order valence-corrected chi connectivity index (χ3v) is 3.19. The van der Waals surface area contributed by atoms with Gasteiger partial charge in [0.05, 0.1) is 10.6 Å². The predicted molar refractivity (Wildman–Crippen MR) is 73.0 cm³/mol. The van der Waals surface area contributed by atoms with Gasteiger partial charge in [-0.1, -0.05) is 23.2 Å². The number of rotatable bonds is 3. The second-order valence-corrected chi connectivity index (χ2v) is 4.85. The minimum atomic E-state index is -4.48. The van der Waals surface area contributed by atoms with Crippen molar-refractivity contribution in [2.75, 3.05) is 5.32 Å². The lowest BCUT2D eigenvalue weighted by atomic mass is 10.1. The number of halogens is 5. The molecule has 0 saturated heterocycles. The minimum Gasteiger partial charge on any atom is -0.380 e. The summed E-state index contributed by atoms with van der Waals surface area (Å²) in [7, 11) is 0. The lowest BCUT2D eigenvalue weighted by Crippen LogP contribution is -2.11. The van der Waals surface area contributed by atoms with Crippen molar-refractivity contribution in [3.05, 3.63) is 57.8 Å². The van der Waals surface area contributed by atoms with Crippen LogP contribution in [0, 0.1) is 0 Å². The topological polar surface area (TPSA) is 24.9 Å². The fraction of sp³-hybridized carbons (Fsp3) is 0.154. The molecule has 2 aromatic rings. The molecule has 7 heteroatoms. The van der Waals surface area contributed by atoms with Gasteiger partial charge in [-0.2, -0.15) is 13.2 Å². The summed E-state index contributed by atoms with van der Waals surface area (Å²) in [4.78, 5) is 3.81. The number of anilines is 1. The van der Waals surface area contributed by atoms with E-state index in [0.717, 1.165) is 6.07 Å².